The first-order valence-corrected chi connectivity index (χ1v) is 4.44. The van der Waals surface area contributed by atoms with Crippen molar-refractivity contribution < 1.29 is 4.74 Å². The van der Waals surface area contributed by atoms with Gasteiger partial charge in [-0.05, 0) is 0 Å². The number of ether oxygens (including phenoxy) is 1. The molecule has 2 rings (SSSR count). The predicted octanol–water partition coefficient (Wildman–Crippen LogP) is 1.04. The molecule has 0 spiro atoms. The van der Waals surface area contributed by atoms with E-state index in [1.165, 1.54) is 0 Å². The highest BCUT2D eigenvalue weighted by molar-refractivity contribution is 5.33. The third-order valence-corrected chi connectivity index (χ3v) is 1.77. The van der Waals surface area contributed by atoms with Gasteiger partial charge in [0.1, 0.15) is 5.82 Å². The third-order valence-electron chi connectivity index (χ3n) is 1.77. The number of rotatable bonds is 3. The number of hydrogen-bond acceptors (Lipinski definition) is 5. The summed E-state index contributed by atoms with van der Waals surface area (Å²) in [5.74, 6) is 1.74. The minimum absolute atomic E-state index is 0.440. The minimum atomic E-state index is 0.440. The number of aryl methyl sites for hydroxylation is 1. The lowest BCUT2D eigenvalue weighted by molar-refractivity contribution is 0.460. The van der Waals surface area contributed by atoms with Gasteiger partial charge in [0.15, 0.2) is 5.75 Å². The summed E-state index contributed by atoms with van der Waals surface area (Å²) in [6.45, 7) is 0. The minimum Gasteiger partial charge on any atom is -0.434 e. The Hall–Kier alpha value is -2.11. The number of nitrogens with one attached hydrogen (secondary N) is 1. The topological polar surface area (TPSA) is 64.9 Å². The van der Waals surface area contributed by atoms with Gasteiger partial charge in [-0.2, -0.15) is 10.1 Å². The van der Waals surface area contributed by atoms with E-state index in [0.29, 0.717) is 17.4 Å². The van der Waals surface area contributed by atoms with Crippen LogP contribution in [0.1, 0.15) is 0 Å². The molecule has 0 saturated heterocycles. The van der Waals surface area contributed by atoms with Crippen LogP contribution in [0, 0.1) is 0 Å². The molecule has 0 aromatic carbocycles. The zero-order chi connectivity index (χ0) is 10.7. The van der Waals surface area contributed by atoms with Crippen LogP contribution in [0.5, 0.6) is 11.6 Å². The second-order valence-electron chi connectivity index (χ2n) is 2.94. The van der Waals surface area contributed by atoms with Gasteiger partial charge in [-0.1, -0.05) is 0 Å². The van der Waals surface area contributed by atoms with Crippen molar-refractivity contribution in [3.63, 3.8) is 0 Å². The Labute approximate surface area is 86.9 Å². The van der Waals surface area contributed by atoms with Gasteiger partial charge < -0.3 is 10.1 Å². The molecular formula is C9H11N5O. The first-order chi connectivity index (χ1) is 7.28. The summed E-state index contributed by atoms with van der Waals surface area (Å²) in [6.07, 6.45) is 6.55. The number of aromatic nitrogens is 4. The molecule has 2 heterocycles. The van der Waals surface area contributed by atoms with Gasteiger partial charge in [0, 0.05) is 14.1 Å². The Morgan fingerprint density at radius 3 is 2.87 bits per heavy atom. The predicted molar refractivity (Wildman–Crippen MR) is 54.9 cm³/mol. The van der Waals surface area contributed by atoms with Crippen LogP contribution >= 0.6 is 0 Å². The van der Waals surface area contributed by atoms with Gasteiger partial charge in [0.2, 0.25) is 5.88 Å². The van der Waals surface area contributed by atoms with Gasteiger partial charge >= 0.3 is 0 Å². The second kappa shape index (κ2) is 3.95. The van der Waals surface area contributed by atoms with Crippen molar-refractivity contribution in [2.45, 2.75) is 0 Å². The third kappa shape index (κ3) is 2.22. The summed E-state index contributed by atoms with van der Waals surface area (Å²) in [7, 11) is 3.60. The first-order valence-electron chi connectivity index (χ1n) is 4.44. The van der Waals surface area contributed by atoms with E-state index in [1.807, 2.05) is 7.05 Å². The van der Waals surface area contributed by atoms with Crippen LogP contribution in [-0.4, -0.2) is 26.8 Å². The standard InChI is InChI=1S/C9H11N5O/c1-10-8-4-11-5-9(13-8)15-7-3-12-14(2)6-7/h3-6H,1-2H3,(H,10,13). The molecule has 78 valence electrons. The molecule has 15 heavy (non-hydrogen) atoms. The van der Waals surface area contributed by atoms with Crippen molar-refractivity contribution in [1.29, 1.82) is 0 Å². The molecular weight excluding hydrogens is 194 g/mol. The van der Waals surface area contributed by atoms with Crippen LogP contribution in [0.3, 0.4) is 0 Å². The van der Waals surface area contributed by atoms with Crippen LogP contribution in [-0.2, 0) is 7.05 Å². The second-order valence-corrected chi connectivity index (χ2v) is 2.94. The summed E-state index contributed by atoms with van der Waals surface area (Å²) in [4.78, 5) is 8.14. The Morgan fingerprint density at radius 1 is 1.33 bits per heavy atom. The molecule has 2 aromatic rings. The number of anilines is 1. The van der Waals surface area contributed by atoms with Gasteiger partial charge in [-0.15, -0.1) is 0 Å². The molecule has 0 unspecified atom stereocenters. The summed E-state index contributed by atoms with van der Waals surface area (Å²) in [5, 5.41) is 6.87. The summed E-state index contributed by atoms with van der Waals surface area (Å²) < 4.78 is 7.10. The van der Waals surface area contributed by atoms with Crippen molar-refractivity contribution >= 4 is 5.82 Å². The number of hydrogen-bond donors (Lipinski definition) is 1. The number of nitrogens with zero attached hydrogens (tertiary/aromatic N) is 4. The molecule has 2 aromatic heterocycles. The average molecular weight is 205 g/mol. The van der Waals surface area contributed by atoms with Crippen LogP contribution in [0.2, 0.25) is 0 Å². The molecule has 0 fully saturated rings. The van der Waals surface area contributed by atoms with E-state index in [2.05, 4.69) is 20.4 Å². The van der Waals surface area contributed by atoms with Crippen molar-refractivity contribution in [2.24, 2.45) is 7.05 Å². The normalized spacial score (nSPS) is 10.0. The molecule has 0 saturated carbocycles. The molecule has 0 bridgehead atoms. The van der Waals surface area contributed by atoms with Crippen molar-refractivity contribution in [1.82, 2.24) is 19.7 Å². The van der Waals surface area contributed by atoms with Gasteiger partial charge in [-0.25, -0.2) is 0 Å². The molecule has 0 atom stereocenters. The lowest BCUT2D eigenvalue weighted by Gasteiger charge is -2.02. The van der Waals surface area contributed by atoms with E-state index in [1.54, 1.807) is 36.5 Å². The van der Waals surface area contributed by atoms with E-state index in [-0.39, 0.29) is 0 Å². The van der Waals surface area contributed by atoms with Crippen molar-refractivity contribution in [3.8, 4) is 11.6 Å². The largest absolute Gasteiger partial charge is 0.434 e. The summed E-state index contributed by atoms with van der Waals surface area (Å²) >= 11 is 0. The van der Waals surface area contributed by atoms with Gasteiger partial charge in [-0.3, -0.25) is 9.67 Å². The lowest BCUT2D eigenvalue weighted by atomic mass is 10.6. The van der Waals surface area contributed by atoms with E-state index in [9.17, 15) is 0 Å². The first kappa shape index (κ1) is 9.45. The molecule has 0 amide bonds. The van der Waals surface area contributed by atoms with Gasteiger partial charge in [0.05, 0.1) is 24.8 Å². The molecule has 0 aliphatic heterocycles. The van der Waals surface area contributed by atoms with Crippen LogP contribution < -0.4 is 10.1 Å². The SMILES string of the molecule is CNc1cncc(Oc2cnn(C)c2)n1. The molecule has 6 nitrogen and oxygen atoms in total. The van der Waals surface area contributed by atoms with E-state index in [4.69, 9.17) is 4.74 Å². The Morgan fingerprint density at radius 2 is 2.20 bits per heavy atom. The quantitative estimate of drug-likeness (QED) is 0.811. The average Bonchev–Trinajstić information content (AvgIpc) is 2.64. The fourth-order valence-corrected chi connectivity index (χ4v) is 1.09. The Balaban J connectivity index is 2.16. The molecule has 0 aliphatic carbocycles. The van der Waals surface area contributed by atoms with Crippen LogP contribution in [0.4, 0.5) is 5.82 Å². The highest BCUT2D eigenvalue weighted by Crippen LogP contribution is 2.18. The maximum absolute atomic E-state index is 5.44. The Bertz CT molecular complexity index is 453. The fraction of sp³-hybridized carbons (Fsp3) is 0.222. The molecule has 0 radical (unpaired) electrons. The maximum atomic E-state index is 5.44. The van der Waals surface area contributed by atoms with Crippen molar-refractivity contribution in [3.05, 3.63) is 24.8 Å². The van der Waals surface area contributed by atoms with Crippen molar-refractivity contribution in [2.75, 3.05) is 12.4 Å². The van der Waals surface area contributed by atoms with E-state index >= 15 is 0 Å². The zero-order valence-corrected chi connectivity index (χ0v) is 8.51. The monoisotopic (exact) mass is 205 g/mol. The van der Waals surface area contributed by atoms with Crippen LogP contribution in [0.25, 0.3) is 0 Å². The highest BCUT2D eigenvalue weighted by atomic mass is 16.5. The summed E-state index contributed by atoms with van der Waals surface area (Å²) in [6, 6.07) is 0. The molecule has 6 heteroatoms. The highest BCUT2D eigenvalue weighted by Gasteiger charge is 2.01. The fourth-order valence-electron chi connectivity index (χ4n) is 1.09. The maximum Gasteiger partial charge on any atom is 0.239 e. The smallest absolute Gasteiger partial charge is 0.239 e. The summed E-state index contributed by atoms with van der Waals surface area (Å²) in [5.41, 5.74) is 0. The van der Waals surface area contributed by atoms with Gasteiger partial charge in [0.25, 0.3) is 0 Å². The van der Waals surface area contributed by atoms with E-state index in [0.717, 1.165) is 0 Å². The molecule has 0 aliphatic rings. The van der Waals surface area contributed by atoms with Crippen LogP contribution in [0.15, 0.2) is 24.8 Å². The lowest BCUT2D eigenvalue weighted by Crippen LogP contribution is -1.95. The Kier molecular flexibility index (Phi) is 2.49. The van der Waals surface area contributed by atoms with E-state index < -0.39 is 0 Å². The molecule has 1 N–H and O–H groups in total. The zero-order valence-electron chi connectivity index (χ0n) is 8.51.